The van der Waals surface area contributed by atoms with Gasteiger partial charge in [-0.2, -0.15) is 0 Å². The van der Waals surface area contributed by atoms with Crippen molar-refractivity contribution in [2.24, 2.45) is 0 Å². The van der Waals surface area contributed by atoms with Crippen LogP contribution >= 0.6 is 0 Å². The number of aromatic nitrogens is 1. The quantitative estimate of drug-likeness (QED) is 0.647. The summed E-state index contributed by atoms with van der Waals surface area (Å²) in [6.45, 7) is 6.43. The van der Waals surface area contributed by atoms with Crippen LogP contribution in [0.3, 0.4) is 0 Å². The molecule has 2 aromatic carbocycles. The smallest absolute Gasteiger partial charge is 0.0460 e. The first-order valence-corrected chi connectivity index (χ1v) is 6.96. The number of hydrogen-bond donors (Lipinski definition) is 1. The maximum Gasteiger partial charge on any atom is 0.0460 e. The van der Waals surface area contributed by atoms with Crippen molar-refractivity contribution in [3.63, 3.8) is 0 Å². The second-order valence-electron chi connectivity index (χ2n) is 5.47. The second kappa shape index (κ2) is 5.01. The van der Waals surface area contributed by atoms with Gasteiger partial charge in [-0.05, 0) is 55.2 Å². The number of hydrogen-bond acceptors (Lipinski definition) is 0. The Labute approximate surface area is 120 Å². The van der Waals surface area contributed by atoms with Crippen LogP contribution in [0, 0.1) is 20.8 Å². The first-order chi connectivity index (χ1) is 9.63. The van der Waals surface area contributed by atoms with E-state index >= 15 is 0 Å². The van der Waals surface area contributed by atoms with Crippen LogP contribution < -0.4 is 0 Å². The lowest BCUT2D eigenvalue weighted by Gasteiger charge is -2.00. The average Bonchev–Trinajstić information content (AvgIpc) is 2.82. The van der Waals surface area contributed by atoms with Crippen LogP contribution in [0.1, 0.15) is 27.8 Å². The third-order valence-corrected chi connectivity index (χ3v) is 3.86. The van der Waals surface area contributed by atoms with Gasteiger partial charge < -0.3 is 4.98 Å². The zero-order chi connectivity index (χ0) is 14.1. The van der Waals surface area contributed by atoms with E-state index in [0.717, 1.165) is 0 Å². The fraction of sp³-hybridized carbons (Fsp3) is 0.158. The number of rotatable bonds is 2. The van der Waals surface area contributed by atoms with Crippen LogP contribution in [0.15, 0.2) is 42.6 Å². The Morgan fingerprint density at radius 1 is 0.850 bits per heavy atom. The molecule has 20 heavy (non-hydrogen) atoms. The molecule has 1 aromatic heterocycles. The zero-order valence-electron chi connectivity index (χ0n) is 12.2. The zero-order valence-corrected chi connectivity index (χ0v) is 12.2. The van der Waals surface area contributed by atoms with Gasteiger partial charge in [-0.1, -0.05) is 42.0 Å². The van der Waals surface area contributed by atoms with Gasteiger partial charge in [-0.3, -0.25) is 0 Å². The van der Waals surface area contributed by atoms with Gasteiger partial charge in [-0.15, -0.1) is 0 Å². The van der Waals surface area contributed by atoms with Crippen LogP contribution in [-0.4, -0.2) is 4.98 Å². The third kappa shape index (κ3) is 2.39. The van der Waals surface area contributed by atoms with E-state index in [1.165, 1.54) is 38.7 Å². The molecule has 3 rings (SSSR count). The number of fused-ring (bicyclic) bond motifs is 1. The summed E-state index contributed by atoms with van der Waals surface area (Å²) >= 11 is 0. The molecule has 0 aliphatic heterocycles. The highest BCUT2D eigenvalue weighted by Gasteiger charge is 2.00. The molecule has 0 atom stereocenters. The second-order valence-corrected chi connectivity index (χ2v) is 5.47. The van der Waals surface area contributed by atoms with Gasteiger partial charge in [0.1, 0.15) is 0 Å². The lowest BCUT2D eigenvalue weighted by molar-refractivity contribution is 1.33. The number of H-pyrrole nitrogens is 1. The van der Waals surface area contributed by atoms with Crippen molar-refractivity contribution in [2.45, 2.75) is 20.8 Å². The molecular weight excluding hydrogens is 242 g/mol. The average molecular weight is 261 g/mol. The van der Waals surface area contributed by atoms with Crippen LogP contribution in [-0.2, 0) is 0 Å². The molecule has 0 saturated carbocycles. The van der Waals surface area contributed by atoms with Gasteiger partial charge in [0.2, 0.25) is 0 Å². The van der Waals surface area contributed by atoms with Gasteiger partial charge in [-0.25, -0.2) is 0 Å². The maximum atomic E-state index is 3.32. The first-order valence-electron chi connectivity index (χ1n) is 6.96. The normalized spacial score (nSPS) is 11.6. The summed E-state index contributed by atoms with van der Waals surface area (Å²) < 4.78 is 0. The Balaban J connectivity index is 1.97. The van der Waals surface area contributed by atoms with Gasteiger partial charge in [0.05, 0.1) is 0 Å². The minimum atomic E-state index is 1.19. The molecule has 0 aliphatic carbocycles. The molecule has 1 N–H and O–H groups in total. The van der Waals surface area contributed by atoms with E-state index in [4.69, 9.17) is 0 Å². The predicted octanol–water partition coefficient (Wildman–Crippen LogP) is 5.26. The van der Waals surface area contributed by atoms with Crippen LogP contribution in [0.4, 0.5) is 0 Å². The molecule has 3 aromatic rings. The summed E-state index contributed by atoms with van der Waals surface area (Å²) in [5.41, 5.74) is 7.64. The fourth-order valence-corrected chi connectivity index (χ4v) is 2.45. The molecule has 1 nitrogen and oxygen atoms in total. The largest absolute Gasteiger partial charge is 0.361 e. The van der Waals surface area contributed by atoms with Crippen molar-refractivity contribution in [3.8, 4) is 0 Å². The highest BCUT2D eigenvalue weighted by Crippen LogP contribution is 2.22. The van der Waals surface area contributed by atoms with Crippen molar-refractivity contribution in [3.05, 3.63) is 70.4 Å². The Kier molecular flexibility index (Phi) is 3.19. The van der Waals surface area contributed by atoms with E-state index in [-0.39, 0.29) is 0 Å². The monoisotopic (exact) mass is 261 g/mol. The van der Waals surface area contributed by atoms with Gasteiger partial charge in [0.25, 0.3) is 0 Å². The summed E-state index contributed by atoms with van der Waals surface area (Å²) in [7, 11) is 0. The van der Waals surface area contributed by atoms with Crippen LogP contribution in [0.5, 0.6) is 0 Å². The van der Waals surface area contributed by atoms with Gasteiger partial charge in [0, 0.05) is 17.1 Å². The number of aromatic amines is 1. The molecule has 0 unspecified atom stereocenters. The Bertz CT molecular complexity index is 791. The number of aryl methyl sites for hydroxylation is 3. The molecule has 1 heteroatoms. The lowest BCUT2D eigenvalue weighted by Crippen LogP contribution is -1.81. The van der Waals surface area contributed by atoms with E-state index in [0.29, 0.717) is 0 Å². The molecule has 100 valence electrons. The van der Waals surface area contributed by atoms with Crippen molar-refractivity contribution in [2.75, 3.05) is 0 Å². The summed E-state index contributed by atoms with van der Waals surface area (Å²) in [5, 5.41) is 1.28. The molecule has 0 bridgehead atoms. The molecular formula is C19H19N. The molecule has 0 fully saturated rings. The molecule has 0 aliphatic rings. The van der Waals surface area contributed by atoms with Gasteiger partial charge >= 0.3 is 0 Å². The van der Waals surface area contributed by atoms with E-state index in [9.17, 15) is 0 Å². The van der Waals surface area contributed by atoms with E-state index in [2.05, 4.69) is 80.5 Å². The Morgan fingerprint density at radius 2 is 1.70 bits per heavy atom. The maximum absolute atomic E-state index is 3.32. The highest BCUT2D eigenvalue weighted by atomic mass is 14.7. The minimum absolute atomic E-state index is 1.19. The Hall–Kier alpha value is -2.28. The van der Waals surface area contributed by atoms with Crippen molar-refractivity contribution in [1.29, 1.82) is 0 Å². The van der Waals surface area contributed by atoms with E-state index < -0.39 is 0 Å². The predicted molar refractivity (Wildman–Crippen MR) is 87.9 cm³/mol. The molecule has 0 radical (unpaired) electrons. The van der Waals surface area contributed by atoms with E-state index in [1.54, 1.807) is 0 Å². The molecule has 0 amide bonds. The summed E-state index contributed by atoms with van der Waals surface area (Å²) in [5.74, 6) is 0. The van der Waals surface area contributed by atoms with Gasteiger partial charge in [0.15, 0.2) is 0 Å². The molecule has 0 saturated heterocycles. The molecule has 1 heterocycles. The standard InChI is InChI=1S/C19H19N/c1-13-4-9-19-18(10-13)17(12-20-19)8-7-16-6-5-14(2)15(3)11-16/h4-12,20H,1-3H3/b8-7+. The van der Waals surface area contributed by atoms with Crippen LogP contribution in [0.2, 0.25) is 0 Å². The topological polar surface area (TPSA) is 15.8 Å². The number of nitrogens with one attached hydrogen (secondary N) is 1. The summed E-state index contributed by atoms with van der Waals surface area (Å²) in [6.07, 6.45) is 6.43. The first kappa shape index (κ1) is 12.7. The SMILES string of the molecule is Cc1ccc2[nH]cc(/C=C/c3ccc(C)c(C)c3)c2c1. The van der Waals surface area contributed by atoms with Crippen LogP contribution in [0.25, 0.3) is 23.1 Å². The summed E-state index contributed by atoms with van der Waals surface area (Å²) in [6, 6.07) is 13.1. The van der Waals surface area contributed by atoms with E-state index in [1.807, 2.05) is 0 Å². The van der Waals surface area contributed by atoms with Crippen molar-refractivity contribution in [1.82, 2.24) is 4.98 Å². The fourth-order valence-electron chi connectivity index (χ4n) is 2.45. The van der Waals surface area contributed by atoms with Crippen molar-refractivity contribution < 1.29 is 0 Å². The molecule has 0 spiro atoms. The Morgan fingerprint density at radius 3 is 2.50 bits per heavy atom. The minimum Gasteiger partial charge on any atom is -0.361 e. The highest BCUT2D eigenvalue weighted by molar-refractivity contribution is 5.91. The number of benzene rings is 2. The third-order valence-electron chi connectivity index (χ3n) is 3.86. The lowest BCUT2D eigenvalue weighted by atomic mass is 10.0. The van der Waals surface area contributed by atoms with Crippen molar-refractivity contribution >= 4 is 23.1 Å². The summed E-state index contributed by atoms with van der Waals surface area (Å²) in [4.78, 5) is 3.32.